The number of nitriles is 1. The Kier molecular flexibility index (Phi) is 6.64. The second-order valence-electron chi connectivity index (χ2n) is 8.53. The van der Waals surface area contributed by atoms with E-state index in [4.69, 9.17) is 14.5 Å². The van der Waals surface area contributed by atoms with Crippen LogP contribution in [0.25, 0.3) is 11.4 Å². The van der Waals surface area contributed by atoms with Gasteiger partial charge >= 0.3 is 0 Å². The summed E-state index contributed by atoms with van der Waals surface area (Å²) in [5, 5.41) is 23.8. The number of ether oxygens (including phenoxy) is 1. The van der Waals surface area contributed by atoms with Crippen molar-refractivity contribution < 1.29 is 24.0 Å². The van der Waals surface area contributed by atoms with E-state index in [1.165, 1.54) is 4.90 Å². The van der Waals surface area contributed by atoms with E-state index in [-0.39, 0.29) is 30.3 Å². The zero-order valence-corrected chi connectivity index (χ0v) is 19.6. The van der Waals surface area contributed by atoms with Crippen molar-refractivity contribution in [3.8, 4) is 23.2 Å². The van der Waals surface area contributed by atoms with Crippen LogP contribution in [0.5, 0.6) is 5.75 Å². The summed E-state index contributed by atoms with van der Waals surface area (Å²) in [7, 11) is 0. The summed E-state index contributed by atoms with van der Waals surface area (Å²) in [6, 6.07) is 14.7. The summed E-state index contributed by atoms with van der Waals surface area (Å²) in [6.07, 6.45) is 0.161. The largest absolute Gasteiger partial charge is 0.503 e. The van der Waals surface area contributed by atoms with Crippen molar-refractivity contribution in [2.75, 3.05) is 11.5 Å². The number of Topliss-reactive ketones (excluding diaryl/α,β-unsaturated/α-hetero) is 1. The maximum absolute atomic E-state index is 13.3. The zero-order valence-electron chi connectivity index (χ0n) is 19.6. The molecule has 1 unspecified atom stereocenters. The first-order chi connectivity index (χ1) is 16.8. The number of benzene rings is 2. The molecule has 1 aliphatic rings. The Morgan fingerprint density at radius 3 is 2.57 bits per heavy atom. The number of amides is 1. The van der Waals surface area contributed by atoms with E-state index in [1.54, 1.807) is 55.5 Å². The van der Waals surface area contributed by atoms with Gasteiger partial charge in [-0.2, -0.15) is 10.2 Å². The Hall–Kier alpha value is -4.45. The van der Waals surface area contributed by atoms with E-state index in [2.05, 4.69) is 10.1 Å². The van der Waals surface area contributed by atoms with Gasteiger partial charge in [-0.05, 0) is 36.2 Å². The molecule has 2 aromatic carbocycles. The molecule has 9 heteroatoms. The number of anilines is 1. The van der Waals surface area contributed by atoms with Gasteiger partial charge in [-0.3, -0.25) is 14.5 Å². The van der Waals surface area contributed by atoms with Crippen LogP contribution in [0.4, 0.5) is 5.69 Å². The molecule has 0 bridgehead atoms. The van der Waals surface area contributed by atoms with Gasteiger partial charge in [0.15, 0.2) is 18.1 Å². The third kappa shape index (κ3) is 4.64. The van der Waals surface area contributed by atoms with Gasteiger partial charge in [-0.25, -0.2) is 0 Å². The molecule has 1 atom stereocenters. The van der Waals surface area contributed by atoms with E-state index in [1.807, 2.05) is 19.9 Å². The standard InChI is InChI=1S/C26H24N4O5/c1-15(2)14-20(31)22-23(19-6-4-5-7-21(19)34-13-12-27)30(26(33)24(22)32)18-10-8-17(9-11-18)25-28-16(3)35-29-25/h4-11,15,23,32H,13-14H2,1-3H3. The molecule has 2 heterocycles. The lowest BCUT2D eigenvalue weighted by molar-refractivity contribution is -0.118. The lowest BCUT2D eigenvalue weighted by Gasteiger charge is -2.28. The van der Waals surface area contributed by atoms with Crippen LogP contribution in [0.1, 0.15) is 37.8 Å². The third-order valence-electron chi connectivity index (χ3n) is 5.54. The highest BCUT2D eigenvalue weighted by molar-refractivity contribution is 6.16. The first-order valence-corrected chi connectivity index (χ1v) is 11.1. The van der Waals surface area contributed by atoms with Crippen molar-refractivity contribution >= 4 is 17.4 Å². The SMILES string of the molecule is Cc1nc(-c2ccc(N3C(=O)C(O)=C(C(=O)CC(C)C)C3c3ccccc3OCC#N)cc2)no1. The topological polar surface area (TPSA) is 130 Å². The molecule has 0 saturated carbocycles. The Morgan fingerprint density at radius 1 is 1.23 bits per heavy atom. The van der Waals surface area contributed by atoms with Crippen molar-refractivity contribution in [2.24, 2.45) is 5.92 Å². The van der Waals surface area contributed by atoms with Crippen LogP contribution in [-0.2, 0) is 9.59 Å². The fraction of sp³-hybridized carbons (Fsp3) is 0.269. The van der Waals surface area contributed by atoms with Crippen LogP contribution in [-0.4, -0.2) is 33.5 Å². The van der Waals surface area contributed by atoms with Crippen molar-refractivity contribution in [3.63, 3.8) is 0 Å². The number of hydrogen-bond acceptors (Lipinski definition) is 8. The Bertz CT molecular complexity index is 1330. The fourth-order valence-corrected chi connectivity index (χ4v) is 4.07. The minimum absolute atomic E-state index is 0.00887. The second kappa shape index (κ2) is 9.81. The number of aliphatic hydroxyl groups is 1. The molecule has 0 spiro atoms. The molecule has 178 valence electrons. The first kappa shape index (κ1) is 23.7. The van der Waals surface area contributed by atoms with Gasteiger partial charge in [0.05, 0.1) is 11.6 Å². The van der Waals surface area contributed by atoms with Crippen molar-refractivity contribution in [3.05, 3.63) is 71.3 Å². The third-order valence-corrected chi connectivity index (χ3v) is 5.54. The van der Waals surface area contributed by atoms with Crippen molar-refractivity contribution in [1.82, 2.24) is 10.1 Å². The summed E-state index contributed by atoms with van der Waals surface area (Å²) >= 11 is 0. The lowest BCUT2D eigenvalue weighted by Crippen LogP contribution is -2.31. The van der Waals surface area contributed by atoms with E-state index < -0.39 is 17.7 Å². The molecule has 35 heavy (non-hydrogen) atoms. The molecule has 0 saturated heterocycles. The minimum Gasteiger partial charge on any atom is -0.503 e. The predicted octanol–water partition coefficient (Wildman–Crippen LogP) is 4.46. The van der Waals surface area contributed by atoms with Crippen LogP contribution in [0.15, 0.2) is 64.4 Å². The highest BCUT2D eigenvalue weighted by Crippen LogP contribution is 2.44. The monoisotopic (exact) mass is 472 g/mol. The first-order valence-electron chi connectivity index (χ1n) is 11.1. The van der Waals surface area contributed by atoms with Gasteiger partial charge in [0.1, 0.15) is 11.8 Å². The van der Waals surface area contributed by atoms with E-state index in [9.17, 15) is 14.7 Å². The Balaban J connectivity index is 1.81. The van der Waals surface area contributed by atoms with Gasteiger partial charge in [-0.1, -0.05) is 37.2 Å². The number of hydrogen-bond donors (Lipinski definition) is 1. The molecule has 1 aromatic heterocycles. The Morgan fingerprint density at radius 2 is 1.94 bits per heavy atom. The van der Waals surface area contributed by atoms with Crippen molar-refractivity contribution in [2.45, 2.75) is 33.2 Å². The van der Waals surface area contributed by atoms with Gasteiger partial charge in [-0.15, -0.1) is 0 Å². The number of carbonyl (C=O) groups excluding carboxylic acids is 2. The van der Waals surface area contributed by atoms with Gasteiger partial charge in [0, 0.05) is 30.2 Å². The maximum atomic E-state index is 13.3. The quantitative estimate of drug-likeness (QED) is 0.508. The molecular formula is C26H24N4O5. The molecule has 1 N–H and O–H groups in total. The molecular weight excluding hydrogens is 448 g/mol. The number of aliphatic hydroxyl groups excluding tert-OH is 1. The molecule has 9 nitrogen and oxygen atoms in total. The summed E-state index contributed by atoms with van der Waals surface area (Å²) in [4.78, 5) is 32.1. The number of rotatable bonds is 8. The molecule has 1 aliphatic heterocycles. The van der Waals surface area contributed by atoms with Gasteiger partial charge in [0.25, 0.3) is 5.91 Å². The van der Waals surface area contributed by atoms with Crippen molar-refractivity contribution in [1.29, 1.82) is 5.26 Å². The summed E-state index contributed by atoms with van der Waals surface area (Å²) in [5.41, 5.74) is 1.64. The van der Waals surface area contributed by atoms with Crippen LogP contribution < -0.4 is 9.64 Å². The number of aromatic nitrogens is 2. The normalized spacial score (nSPS) is 15.6. The Labute approximate surface area is 202 Å². The highest BCUT2D eigenvalue weighted by atomic mass is 16.5. The van der Waals surface area contributed by atoms with E-state index >= 15 is 0 Å². The number of aryl methyl sites for hydroxylation is 1. The highest BCUT2D eigenvalue weighted by Gasteiger charge is 2.45. The number of para-hydroxylation sites is 1. The summed E-state index contributed by atoms with van der Waals surface area (Å²) in [5.74, 6) is -0.408. The summed E-state index contributed by atoms with van der Waals surface area (Å²) in [6.45, 7) is 5.26. The summed E-state index contributed by atoms with van der Waals surface area (Å²) < 4.78 is 10.6. The van der Waals surface area contributed by atoms with Crippen LogP contribution in [0, 0.1) is 24.2 Å². The van der Waals surface area contributed by atoms with Crippen LogP contribution in [0.2, 0.25) is 0 Å². The predicted molar refractivity (Wildman–Crippen MR) is 126 cm³/mol. The molecule has 0 radical (unpaired) electrons. The van der Waals surface area contributed by atoms with Gasteiger partial charge < -0.3 is 14.4 Å². The molecule has 0 aliphatic carbocycles. The van der Waals surface area contributed by atoms with E-state index in [0.29, 0.717) is 34.3 Å². The zero-order chi connectivity index (χ0) is 25.1. The van der Waals surface area contributed by atoms with Crippen LogP contribution in [0.3, 0.4) is 0 Å². The molecule has 1 amide bonds. The molecule has 3 aromatic rings. The second-order valence-corrected chi connectivity index (χ2v) is 8.53. The molecule has 0 fully saturated rings. The number of nitrogens with zero attached hydrogens (tertiary/aromatic N) is 4. The average Bonchev–Trinajstić information content (AvgIpc) is 3.38. The minimum atomic E-state index is -0.929. The molecule has 4 rings (SSSR count). The maximum Gasteiger partial charge on any atom is 0.294 e. The number of ketones is 1. The number of carbonyl (C=O) groups is 2. The lowest BCUT2D eigenvalue weighted by atomic mass is 9.91. The van der Waals surface area contributed by atoms with Crippen LogP contribution >= 0.6 is 0 Å². The smallest absolute Gasteiger partial charge is 0.294 e. The van der Waals surface area contributed by atoms with E-state index in [0.717, 1.165) is 0 Å². The fourth-order valence-electron chi connectivity index (χ4n) is 4.07. The van der Waals surface area contributed by atoms with Gasteiger partial charge in [0.2, 0.25) is 11.7 Å². The average molecular weight is 473 g/mol.